The third kappa shape index (κ3) is 3.33. The van der Waals surface area contributed by atoms with Crippen molar-refractivity contribution in [3.05, 3.63) is 34.9 Å². The normalized spacial score (nSPS) is 26.0. The lowest BCUT2D eigenvalue weighted by molar-refractivity contribution is 0.137. The van der Waals surface area contributed by atoms with Gasteiger partial charge in [0.1, 0.15) is 0 Å². The predicted molar refractivity (Wildman–Crippen MR) is 75.7 cm³/mol. The molecule has 1 aliphatic heterocycles. The summed E-state index contributed by atoms with van der Waals surface area (Å²) < 4.78 is 0. The molecule has 0 saturated carbocycles. The Labute approximate surface area is 110 Å². The molecule has 3 atom stereocenters. The summed E-state index contributed by atoms with van der Waals surface area (Å²) in [5, 5.41) is 13.9. The highest BCUT2D eigenvalue weighted by Crippen LogP contribution is 2.26. The van der Waals surface area contributed by atoms with Crippen LogP contribution >= 0.6 is 0 Å². The van der Waals surface area contributed by atoms with E-state index in [2.05, 4.69) is 44.3 Å². The Morgan fingerprint density at radius 2 is 2.17 bits per heavy atom. The summed E-state index contributed by atoms with van der Waals surface area (Å²) in [6, 6.07) is 6.78. The number of benzene rings is 1. The lowest BCUT2D eigenvalue weighted by Gasteiger charge is -2.30. The molecule has 1 saturated heterocycles. The van der Waals surface area contributed by atoms with Crippen LogP contribution in [0, 0.1) is 19.8 Å². The van der Waals surface area contributed by atoms with E-state index in [9.17, 15) is 5.11 Å². The van der Waals surface area contributed by atoms with Crippen molar-refractivity contribution in [2.24, 2.45) is 5.92 Å². The number of hydrogen-bond donors (Lipinski definition) is 2. The van der Waals surface area contributed by atoms with Gasteiger partial charge in [0, 0.05) is 6.04 Å². The van der Waals surface area contributed by atoms with Crippen molar-refractivity contribution in [2.75, 3.05) is 6.54 Å². The number of nitrogens with one attached hydrogen (secondary N) is 1. The highest BCUT2D eigenvalue weighted by molar-refractivity contribution is 5.32. The average molecular weight is 247 g/mol. The lowest BCUT2D eigenvalue weighted by atomic mass is 9.88. The van der Waals surface area contributed by atoms with Gasteiger partial charge in [0.2, 0.25) is 0 Å². The van der Waals surface area contributed by atoms with Gasteiger partial charge in [-0.05, 0) is 56.7 Å². The Balaban J connectivity index is 2.02. The number of aliphatic hydroxyl groups excluding tert-OH is 1. The summed E-state index contributed by atoms with van der Waals surface area (Å²) in [5.41, 5.74) is 3.51. The number of aryl methyl sites for hydroxylation is 2. The van der Waals surface area contributed by atoms with Crippen LogP contribution in [0.3, 0.4) is 0 Å². The fourth-order valence-electron chi connectivity index (χ4n) is 2.92. The largest absolute Gasteiger partial charge is 0.388 e. The van der Waals surface area contributed by atoms with Gasteiger partial charge in [-0.2, -0.15) is 0 Å². The Bertz CT molecular complexity index is 402. The Morgan fingerprint density at radius 3 is 2.89 bits per heavy atom. The number of rotatable bonds is 3. The van der Waals surface area contributed by atoms with E-state index in [0.717, 1.165) is 24.4 Å². The van der Waals surface area contributed by atoms with E-state index in [1.54, 1.807) is 0 Å². The van der Waals surface area contributed by atoms with E-state index in [1.165, 1.54) is 24.0 Å². The number of hydrogen-bond acceptors (Lipinski definition) is 2. The highest BCUT2D eigenvalue weighted by Gasteiger charge is 2.22. The maximum absolute atomic E-state index is 10.4. The zero-order valence-corrected chi connectivity index (χ0v) is 11.7. The molecule has 2 N–H and O–H groups in total. The van der Waals surface area contributed by atoms with Crippen LogP contribution in [0.1, 0.15) is 49.0 Å². The summed E-state index contributed by atoms with van der Waals surface area (Å²) >= 11 is 0. The van der Waals surface area contributed by atoms with E-state index in [1.807, 2.05) is 0 Å². The third-order valence-corrected chi connectivity index (χ3v) is 4.06. The molecule has 18 heavy (non-hydrogen) atoms. The SMILES string of the molecule is Cc1ccc(C)c(C(O)CC2CC(C)CCN2)c1. The van der Waals surface area contributed by atoms with Gasteiger partial charge in [0.05, 0.1) is 6.10 Å². The van der Waals surface area contributed by atoms with Crippen LogP contribution < -0.4 is 5.32 Å². The molecule has 2 rings (SSSR count). The van der Waals surface area contributed by atoms with Crippen LogP contribution in [0.25, 0.3) is 0 Å². The molecule has 1 heterocycles. The average Bonchev–Trinajstić information content (AvgIpc) is 2.32. The molecule has 3 unspecified atom stereocenters. The molecule has 1 fully saturated rings. The van der Waals surface area contributed by atoms with E-state index in [-0.39, 0.29) is 6.10 Å². The van der Waals surface area contributed by atoms with Crippen LogP contribution in [-0.4, -0.2) is 17.7 Å². The molecule has 0 bridgehead atoms. The molecule has 0 aliphatic carbocycles. The summed E-state index contributed by atoms with van der Waals surface area (Å²) in [5.74, 6) is 0.780. The fourth-order valence-corrected chi connectivity index (χ4v) is 2.92. The maximum Gasteiger partial charge on any atom is 0.0807 e. The van der Waals surface area contributed by atoms with Crippen LogP contribution in [0.2, 0.25) is 0 Å². The summed E-state index contributed by atoms with van der Waals surface area (Å²) in [7, 11) is 0. The first-order valence-corrected chi connectivity index (χ1v) is 7.05. The van der Waals surface area contributed by atoms with Gasteiger partial charge in [-0.15, -0.1) is 0 Å². The van der Waals surface area contributed by atoms with Gasteiger partial charge in [-0.3, -0.25) is 0 Å². The Kier molecular flexibility index (Phi) is 4.41. The predicted octanol–water partition coefficient (Wildman–Crippen LogP) is 3.12. The van der Waals surface area contributed by atoms with Gasteiger partial charge < -0.3 is 10.4 Å². The summed E-state index contributed by atoms with van der Waals surface area (Å²) in [4.78, 5) is 0. The molecule has 100 valence electrons. The highest BCUT2D eigenvalue weighted by atomic mass is 16.3. The molecular formula is C16H25NO. The van der Waals surface area contributed by atoms with E-state index >= 15 is 0 Å². The van der Waals surface area contributed by atoms with Gasteiger partial charge in [-0.1, -0.05) is 30.7 Å². The lowest BCUT2D eigenvalue weighted by Crippen LogP contribution is -2.38. The first kappa shape index (κ1) is 13.6. The minimum absolute atomic E-state index is 0.340. The standard InChI is InChI=1S/C16H25NO/c1-11-4-5-13(3)15(9-11)16(18)10-14-8-12(2)6-7-17-14/h4-5,9,12,14,16-18H,6-8,10H2,1-3H3. The van der Waals surface area contributed by atoms with Gasteiger partial charge in [0.15, 0.2) is 0 Å². The van der Waals surface area contributed by atoms with Gasteiger partial charge >= 0.3 is 0 Å². The third-order valence-electron chi connectivity index (χ3n) is 4.06. The fraction of sp³-hybridized carbons (Fsp3) is 0.625. The number of piperidine rings is 1. The summed E-state index contributed by atoms with van der Waals surface area (Å²) in [6.45, 7) is 7.55. The van der Waals surface area contributed by atoms with Crippen molar-refractivity contribution in [1.82, 2.24) is 5.32 Å². The topological polar surface area (TPSA) is 32.3 Å². The second-order valence-electron chi connectivity index (χ2n) is 5.89. The van der Waals surface area contributed by atoms with Crippen LogP contribution in [0.5, 0.6) is 0 Å². The van der Waals surface area contributed by atoms with Crippen LogP contribution in [0.4, 0.5) is 0 Å². The van der Waals surface area contributed by atoms with Gasteiger partial charge in [-0.25, -0.2) is 0 Å². The van der Waals surface area contributed by atoms with E-state index in [4.69, 9.17) is 0 Å². The maximum atomic E-state index is 10.4. The van der Waals surface area contributed by atoms with Crippen LogP contribution in [-0.2, 0) is 0 Å². The first-order chi connectivity index (χ1) is 8.56. The molecular weight excluding hydrogens is 222 g/mol. The Hall–Kier alpha value is -0.860. The molecule has 0 aromatic heterocycles. The molecule has 1 aliphatic rings. The smallest absolute Gasteiger partial charge is 0.0807 e. The minimum atomic E-state index is -0.340. The summed E-state index contributed by atoms with van der Waals surface area (Å²) in [6.07, 6.45) is 2.93. The van der Waals surface area contributed by atoms with E-state index < -0.39 is 0 Å². The van der Waals surface area contributed by atoms with Crippen LogP contribution in [0.15, 0.2) is 18.2 Å². The number of aliphatic hydroxyl groups is 1. The van der Waals surface area contributed by atoms with Gasteiger partial charge in [0.25, 0.3) is 0 Å². The van der Waals surface area contributed by atoms with Crippen molar-refractivity contribution in [3.8, 4) is 0 Å². The van der Waals surface area contributed by atoms with Crippen molar-refractivity contribution in [1.29, 1.82) is 0 Å². The Morgan fingerprint density at radius 1 is 1.39 bits per heavy atom. The zero-order chi connectivity index (χ0) is 13.1. The van der Waals surface area contributed by atoms with Crippen molar-refractivity contribution >= 4 is 0 Å². The minimum Gasteiger partial charge on any atom is -0.388 e. The molecule has 1 aromatic carbocycles. The first-order valence-electron chi connectivity index (χ1n) is 7.05. The van der Waals surface area contributed by atoms with Crippen molar-refractivity contribution in [2.45, 2.75) is 52.2 Å². The monoisotopic (exact) mass is 247 g/mol. The molecule has 0 radical (unpaired) electrons. The molecule has 1 aromatic rings. The van der Waals surface area contributed by atoms with Crippen molar-refractivity contribution in [3.63, 3.8) is 0 Å². The second kappa shape index (κ2) is 5.85. The molecule has 2 heteroatoms. The molecule has 0 amide bonds. The zero-order valence-electron chi connectivity index (χ0n) is 11.7. The quantitative estimate of drug-likeness (QED) is 0.860. The molecule has 0 spiro atoms. The van der Waals surface area contributed by atoms with Crippen molar-refractivity contribution < 1.29 is 5.11 Å². The van der Waals surface area contributed by atoms with E-state index in [0.29, 0.717) is 6.04 Å². The molecule has 2 nitrogen and oxygen atoms in total. The second-order valence-corrected chi connectivity index (χ2v) is 5.89.